The van der Waals surface area contributed by atoms with Gasteiger partial charge in [-0.1, -0.05) is 15.9 Å². The second-order valence-corrected chi connectivity index (χ2v) is 7.84. The molecule has 0 aliphatic heterocycles. The molecule has 28 heavy (non-hydrogen) atoms. The molecule has 0 atom stereocenters. The zero-order valence-electron chi connectivity index (χ0n) is 14.9. The maximum Gasteiger partial charge on any atom is 0.266 e. The largest absolute Gasteiger partial charge is 0.493 e. The van der Waals surface area contributed by atoms with Gasteiger partial charge in [-0.25, -0.2) is 13.6 Å². The van der Waals surface area contributed by atoms with E-state index >= 15 is 0 Å². The molecule has 0 aliphatic rings. The van der Waals surface area contributed by atoms with Gasteiger partial charge in [0, 0.05) is 10.2 Å². The number of sulfonamides is 1. The Morgan fingerprint density at radius 3 is 2.25 bits per heavy atom. The number of anilines is 1. The first-order chi connectivity index (χ1) is 13.2. The molecule has 1 amide bonds. The third-order valence-electron chi connectivity index (χ3n) is 3.61. The van der Waals surface area contributed by atoms with Gasteiger partial charge in [-0.15, -0.1) is 0 Å². The summed E-state index contributed by atoms with van der Waals surface area (Å²) in [5, 5.41) is 16.9. The molecule has 146 valence electrons. The Labute approximate surface area is 170 Å². The lowest BCUT2D eigenvalue weighted by molar-refractivity contribution is -0.112. The summed E-state index contributed by atoms with van der Waals surface area (Å²) in [6.45, 7) is 0. The molecule has 10 heteroatoms. The van der Waals surface area contributed by atoms with Crippen LogP contribution in [0.25, 0.3) is 6.08 Å². The van der Waals surface area contributed by atoms with Gasteiger partial charge in [-0.3, -0.25) is 4.79 Å². The van der Waals surface area contributed by atoms with Crippen LogP contribution in [0.15, 0.2) is 51.3 Å². The van der Waals surface area contributed by atoms with E-state index in [1.54, 1.807) is 12.1 Å². The topological polar surface area (TPSA) is 132 Å². The van der Waals surface area contributed by atoms with Gasteiger partial charge in [-0.2, -0.15) is 5.26 Å². The Morgan fingerprint density at radius 1 is 1.18 bits per heavy atom. The molecule has 0 spiro atoms. The molecule has 3 N–H and O–H groups in total. The van der Waals surface area contributed by atoms with E-state index in [2.05, 4.69) is 21.2 Å². The van der Waals surface area contributed by atoms with E-state index in [0.29, 0.717) is 27.2 Å². The molecule has 0 aliphatic carbocycles. The Morgan fingerprint density at radius 2 is 1.75 bits per heavy atom. The summed E-state index contributed by atoms with van der Waals surface area (Å²) < 4.78 is 33.6. The molecule has 2 aromatic carbocycles. The lowest BCUT2D eigenvalue weighted by atomic mass is 10.1. The number of nitrogens with two attached hydrogens (primary N) is 1. The van der Waals surface area contributed by atoms with Crippen LogP contribution in [-0.4, -0.2) is 28.5 Å². The van der Waals surface area contributed by atoms with Crippen molar-refractivity contribution in [2.24, 2.45) is 5.14 Å². The van der Waals surface area contributed by atoms with E-state index in [0.717, 1.165) is 0 Å². The number of nitriles is 1. The maximum atomic E-state index is 12.4. The summed E-state index contributed by atoms with van der Waals surface area (Å²) in [5.74, 6) is 0.269. The summed E-state index contributed by atoms with van der Waals surface area (Å²) in [6.07, 6.45) is 1.39. The predicted molar refractivity (Wildman–Crippen MR) is 107 cm³/mol. The van der Waals surface area contributed by atoms with Gasteiger partial charge >= 0.3 is 0 Å². The molecule has 0 heterocycles. The number of benzene rings is 2. The number of nitrogens with one attached hydrogen (secondary N) is 1. The number of hydrogen-bond donors (Lipinski definition) is 2. The third-order valence-corrected chi connectivity index (χ3v) is 5.22. The summed E-state index contributed by atoms with van der Waals surface area (Å²) >= 11 is 3.36. The predicted octanol–water partition coefficient (Wildman–Crippen LogP) is 2.66. The van der Waals surface area contributed by atoms with Crippen molar-refractivity contribution >= 4 is 43.6 Å². The fraction of sp³-hybridized carbons (Fsp3) is 0.111. The lowest BCUT2D eigenvalue weighted by Crippen LogP contribution is -2.14. The standard InChI is InChI=1S/C18H16BrN3O5S/c1-26-16-8-11(15(19)9-17(16)27-2)7-12(10-20)18(23)22-13-3-5-14(6-4-13)28(21,24)25/h3-9H,1-2H3,(H,22,23)(H2,21,24,25)/b12-7-. The van der Waals surface area contributed by atoms with Crippen molar-refractivity contribution in [3.63, 3.8) is 0 Å². The molecular weight excluding hydrogens is 450 g/mol. The van der Waals surface area contributed by atoms with E-state index in [1.165, 1.54) is 44.6 Å². The maximum absolute atomic E-state index is 12.4. The second-order valence-electron chi connectivity index (χ2n) is 5.42. The Hall–Kier alpha value is -2.87. The highest BCUT2D eigenvalue weighted by Gasteiger charge is 2.14. The smallest absolute Gasteiger partial charge is 0.266 e. The minimum Gasteiger partial charge on any atom is -0.493 e. The first-order valence-electron chi connectivity index (χ1n) is 7.67. The van der Waals surface area contributed by atoms with Crippen molar-refractivity contribution in [2.45, 2.75) is 4.90 Å². The van der Waals surface area contributed by atoms with Crippen LogP contribution in [0.1, 0.15) is 5.56 Å². The third kappa shape index (κ3) is 5.10. The highest BCUT2D eigenvalue weighted by molar-refractivity contribution is 9.10. The van der Waals surface area contributed by atoms with E-state index in [1.807, 2.05) is 6.07 Å². The number of amides is 1. The molecule has 0 aromatic heterocycles. The van der Waals surface area contributed by atoms with E-state index in [-0.39, 0.29) is 10.5 Å². The molecule has 8 nitrogen and oxygen atoms in total. The molecule has 0 unspecified atom stereocenters. The van der Waals surface area contributed by atoms with Gasteiger partial charge < -0.3 is 14.8 Å². The van der Waals surface area contributed by atoms with Gasteiger partial charge in [0.05, 0.1) is 19.1 Å². The monoisotopic (exact) mass is 465 g/mol. The summed E-state index contributed by atoms with van der Waals surface area (Å²) in [5.41, 5.74) is 0.683. The Kier molecular flexibility index (Phi) is 6.80. The number of methoxy groups -OCH3 is 2. The van der Waals surface area contributed by atoms with Gasteiger partial charge in [0.2, 0.25) is 10.0 Å². The van der Waals surface area contributed by atoms with Gasteiger partial charge in [0.1, 0.15) is 11.6 Å². The average molecular weight is 466 g/mol. The van der Waals surface area contributed by atoms with Crippen LogP contribution in [-0.2, 0) is 14.8 Å². The number of nitrogens with zero attached hydrogens (tertiary/aromatic N) is 1. The van der Waals surface area contributed by atoms with Gasteiger partial charge in [-0.05, 0) is 48.0 Å². The number of halogens is 1. The fourth-order valence-corrected chi connectivity index (χ4v) is 3.16. The molecule has 0 saturated heterocycles. The molecule has 2 rings (SSSR count). The first kappa shape index (κ1) is 21.4. The van der Waals surface area contributed by atoms with Crippen LogP contribution in [0, 0.1) is 11.3 Å². The van der Waals surface area contributed by atoms with Crippen LogP contribution in [0.2, 0.25) is 0 Å². The average Bonchev–Trinajstić information content (AvgIpc) is 2.66. The molecular formula is C18H16BrN3O5S. The Bertz CT molecular complexity index is 1070. The number of carbonyl (C=O) groups is 1. The number of primary sulfonamides is 1. The van der Waals surface area contributed by atoms with Crippen molar-refractivity contribution < 1.29 is 22.7 Å². The zero-order chi connectivity index (χ0) is 20.9. The molecule has 0 radical (unpaired) electrons. The first-order valence-corrected chi connectivity index (χ1v) is 10.0. The quantitative estimate of drug-likeness (QED) is 0.497. The molecule has 2 aromatic rings. The van der Waals surface area contributed by atoms with Crippen LogP contribution in [0.4, 0.5) is 5.69 Å². The van der Waals surface area contributed by atoms with Crippen LogP contribution < -0.4 is 19.9 Å². The van der Waals surface area contributed by atoms with Crippen molar-refractivity contribution in [2.75, 3.05) is 19.5 Å². The van der Waals surface area contributed by atoms with E-state index in [4.69, 9.17) is 14.6 Å². The number of hydrogen-bond acceptors (Lipinski definition) is 6. The normalized spacial score (nSPS) is 11.5. The minimum atomic E-state index is -3.83. The van der Waals surface area contributed by atoms with Crippen LogP contribution in [0.5, 0.6) is 11.5 Å². The highest BCUT2D eigenvalue weighted by Crippen LogP contribution is 2.34. The summed E-state index contributed by atoms with van der Waals surface area (Å²) in [7, 11) is -0.861. The van der Waals surface area contributed by atoms with Crippen LogP contribution in [0.3, 0.4) is 0 Å². The second kappa shape index (κ2) is 8.88. The lowest BCUT2D eigenvalue weighted by Gasteiger charge is -2.10. The van der Waals surface area contributed by atoms with Crippen molar-refractivity contribution in [3.8, 4) is 17.6 Å². The highest BCUT2D eigenvalue weighted by atomic mass is 79.9. The molecule has 0 saturated carbocycles. The van der Waals surface area contributed by atoms with Crippen LogP contribution >= 0.6 is 15.9 Å². The van der Waals surface area contributed by atoms with Crippen molar-refractivity contribution in [1.29, 1.82) is 5.26 Å². The van der Waals surface area contributed by atoms with Gasteiger partial charge in [0.25, 0.3) is 5.91 Å². The number of rotatable bonds is 6. The van der Waals surface area contributed by atoms with Gasteiger partial charge in [0.15, 0.2) is 11.5 Å². The summed E-state index contributed by atoms with van der Waals surface area (Å²) in [6, 6.07) is 10.4. The number of ether oxygens (including phenoxy) is 2. The Balaban J connectivity index is 2.30. The van der Waals surface area contributed by atoms with E-state index in [9.17, 15) is 18.5 Å². The SMILES string of the molecule is COc1cc(Br)c(/C=C(/C#N)C(=O)Nc2ccc(S(N)(=O)=O)cc2)cc1OC. The zero-order valence-corrected chi connectivity index (χ0v) is 17.3. The fourth-order valence-electron chi connectivity index (χ4n) is 2.21. The van der Waals surface area contributed by atoms with Crippen molar-refractivity contribution in [1.82, 2.24) is 0 Å². The van der Waals surface area contributed by atoms with E-state index < -0.39 is 15.9 Å². The van der Waals surface area contributed by atoms with Crippen molar-refractivity contribution in [3.05, 3.63) is 52.0 Å². The summed E-state index contributed by atoms with van der Waals surface area (Å²) in [4.78, 5) is 12.3. The molecule has 0 bridgehead atoms. The number of carbonyl (C=O) groups excluding carboxylic acids is 1. The molecule has 0 fully saturated rings. The minimum absolute atomic E-state index is 0.0872.